The van der Waals surface area contributed by atoms with Crippen LogP contribution in [0.5, 0.6) is 0 Å². The Kier molecular flexibility index (Phi) is 3.37. The molecule has 0 aromatic carbocycles. The van der Waals surface area contributed by atoms with Crippen molar-refractivity contribution in [3.8, 4) is 0 Å². The lowest BCUT2D eigenvalue weighted by Gasteiger charge is -2.20. The number of rotatable bonds is 2. The van der Waals surface area contributed by atoms with Crippen molar-refractivity contribution in [3.63, 3.8) is 0 Å². The smallest absolute Gasteiger partial charge is 0.141 e. The maximum Gasteiger partial charge on any atom is 0.141 e. The summed E-state index contributed by atoms with van der Waals surface area (Å²) in [5.41, 5.74) is 6.73. The molecule has 0 amide bonds. The van der Waals surface area contributed by atoms with E-state index >= 15 is 0 Å². The van der Waals surface area contributed by atoms with Gasteiger partial charge < -0.3 is 5.73 Å². The normalized spacial score (nSPS) is 18.4. The molecule has 0 bridgehead atoms. The Balaban J connectivity index is 2.07. The lowest BCUT2D eigenvalue weighted by molar-refractivity contribution is 0.629. The molecule has 0 atom stereocenters. The third kappa shape index (κ3) is 2.25. The van der Waals surface area contributed by atoms with Gasteiger partial charge in [0.25, 0.3) is 0 Å². The Morgan fingerprint density at radius 3 is 2.50 bits per heavy atom. The van der Waals surface area contributed by atoms with Gasteiger partial charge in [-0.1, -0.05) is 0 Å². The summed E-state index contributed by atoms with van der Waals surface area (Å²) in [6, 6.07) is 0. The summed E-state index contributed by atoms with van der Waals surface area (Å²) >= 11 is 2.04. The molecule has 1 aromatic rings. The van der Waals surface area contributed by atoms with Crippen molar-refractivity contribution in [3.05, 3.63) is 23.8 Å². The van der Waals surface area contributed by atoms with Gasteiger partial charge in [0.2, 0.25) is 0 Å². The standard InChI is InChI=1S/C10H15N3S/c11-5-10-12-6-9(7-13-10)8-1-3-14-4-2-8/h6-8H,1-5,11H2. The van der Waals surface area contributed by atoms with Gasteiger partial charge in [0.1, 0.15) is 5.82 Å². The van der Waals surface area contributed by atoms with Gasteiger partial charge in [0, 0.05) is 12.4 Å². The molecule has 2 heterocycles. The molecule has 76 valence electrons. The van der Waals surface area contributed by atoms with Gasteiger partial charge in [-0.25, -0.2) is 9.97 Å². The highest BCUT2D eigenvalue weighted by atomic mass is 32.2. The average molecular weight is 209 g/mol. The van der Waals surface area contributed by atoms with Gasteiger partial charge >= 0.3 is 0 Å². The van der Waals surface area contributed by atoms with Crippen molar-refractivity contribution in [2.45, 2.75) is 25.3 Å². The summed E-state index contributed by atoms with van der Waals surface area (Å²) in [6.45, 7) is 0.431. The first kappa shape index (κ1) is 9.93. The van der Waals surface area contributed by atoms with Crippen LogP contribution in [-0.2, 0) is 6.54 Å². The molecular formula is C10H15N3S. The van der Waals surface area contributed by atoms with Crippen molar-refractivity contribution in [1.29, 1.82) is 0 Å². The van der Waals surface area contributed by atoms with E-state index in [1.165, 1.54) is 29.9 Å². The summed E-state index contributed by atoms with van der Waals surface area (Å²) in [5.74, 6) is 3.94. The van der Waals surface area contributed by atoms with Gasteiger partial charge in [0.15, 0.2) is 0 Å². The molecule has 0 radical (unpaired) electrons. The van der Waals surface area contributed by atoms with E-state index in [-0.39, 0.29) is 0 Å². The van der Waals surface area contributed by atoms with Crippen LogP contribution < -0.4 is 5.73 Å². The second kappa shape index (κ2) is 4.75. The molecule has 1 fully saturated rings. The number of hydrogen-bond acceptors (Lipinski definition) is 4. The van der Waals surface area contributed by atoms with Crippen LogP contribution in [0.25, 0.3) is 0 Å². The molecule has 0 aliphatic carbocycles. The van der Waals surface area contributed by atoms with E-state index in [1.807, 2.05) is 24.2 Å². The van der Waals surface area contributed by atoms with Gasteiger partial charge in [-0.15, -0.1) is 0 Å². The summed E-state index contributed by atoms with van der Waals surface area (Å²) in [7, 11) is 0. The van der Waals surface area contributed by atoms with Gasteiger partial charge in [0.05, 0.1) is 6.54 Å². The van der Waals surface area contributed by atoms with Crippen LogP contribution in [0, 0.1) is 0 Å². The fraction of sp³-hybridized carbons (Fsp3) is 0.600. The number of nitrogens with two attached hydrogens (primary N) is 1. The minimum absolute atomic E-state index is 0.431. The van der Waals surface area contributed by atoms with E-state index in [9.17, 15) is 0 Å². The van der Waals surface area contributed by atoms with Crippen molar-refractivity contribution >= 4 is 11.8 Å². The number of nitrogens with zero attached hydrogens (tertiary/aromatic N) is 2. The molecule has 1 aliphatic heterocycles. The summed E-state index contributed by atoms with van der Waals surface area (Å²) in [5, 5.41) is 0. The molecule has 1 aromatic heterocycles. The van der Waals surface area contributed by atoms with Crippen molar-refractivity contribution in [1.82, 2.24) is 9.97 Å². The van der Waals surface area contributed by atoms with Crippen LogP contribution in [0.3, 0.4) is 0 Å². The zero-order chi connectivity index (χ0) is 9.80. The average Bonchev–Trinajstić information content (AvgIpc) is 2.30. The predicted octanol–water partition coefficient (Wildman–Crippen LogP) is 1.55. The molecule has 2 rings (SSSR count). The third-order valence-corrected chi connectivity index (χ3v) is 3.65. The first-order valence-electron chi connectivity index (χ1n) is 4.99. The molecule has 3 nitrogen and oxygen atoms in total. The first-order chi connectivity index (χ1) is 6.90. The second-order valence-corrected chi connectivity index (χ2v) is 4.75. The van der Waals surface area contributed by atoms with Crippen LogP contribution >= 0.6 is 11.8 Å². The van der Waals surface area contributed by atoms with Gasteiger partial charge in [-0.05, 0) is 35.8 Å². The first-order valence-corrected chi connectivity index (χ1v) is 6.14. The van der Waals surface area contributed by atoms with Gasteiger partial charge in [-0.2, -0.15) is 11.8 Å². The minimum atomic E-state index is 0.431. The zero-order valence-electron chi connectivity index (χ0n) is 8.15. The van der Waals surface area contributed by atoms with Crippen molar-refractivity contribution < 1.29 is 0 Å². The largest absolute Gasteiger partial charge is 0.324 e. The van der Waals surface area contributed by atoms with E-state index in [4.69, 9.17) is 5.73 Å². The van der Waals surface area contributed by atoms with E-state index in [0.29, 0.717) is 12.5 Å². The Labute approximate surface area is 88.5 Å². The molecule has 0 unspecified atom stereocenters. The Hall–Kier alpha value is -0.610. The van der Waals surface area contributed by atoms with E-state index in [0.717, 1.165) is 5.82 Å². The summed E-state index contributed by atoms with van der Waals surface area (Å²) in [6.07, 6.45) is 6.40. The zero-order valence-corrected chi connectivity index (χ0v) is 8.96. The molecule has 1 aliphatic rings. The van der Waals surface area contributed by atoms with Crippen LogP contribution in [0.4, 0.5) is 0 Å². The van der Waals surface area contributed by atoms with Crippen LogP contribution in [-0.4, -0.2) is 21.5 Å². The minimum Gasteiger partial charge on any atom is -0.324 e. The lowest BCUT2D eigenvalue weighted by atomic mass is 9.96. The monoisotopic (exact) mass is 209 g/mol. The van der Waals surface area contributed by atoms with Crippen molar-refractivity contribution in [2.75, 3.05) is 11.5 Å². The Bertz CT molecular complexity index is 280. The molecule has 4 heteroatoms. The van der Waals surface area contributed by atoms with Crippen LogP contribution in [0.2, 0.25) is 0 Å². The number of aromatic nitrogens is 2. The fourth-order valence-corrected chi connectivity index (χ4v) is 2.82. The SMILES string of the molecule is NCc1ncc(C2CCSCC2)cn1. The number of hydrogen-bond donors (Lipinski definition) is 1. The summed E-state index contributed by atoms with van der Waals surface area (Å²) in [4.78, 5) is 8.46. The maximum absolute atomic E-state index is 5.45. The van der Waals surface area contributed by atoms with Crippen LogP contribution in [0.15, 0.2) is 12.4 Å². The number of thioether (sulfide) groups is 1. The highest BCUT2D eigenvalue weighted by molar-refractivity contribution is 7.99. The van der Waals surface area contributed by atoms with E-state index < -0.39 is 0 Å². The molecule has 14 heavy (non-hydrogen) atoms. The molecule has 0 saturated carbocycles. The molecule has 2 N–H and O–H groups in total. The van der Waals surface area contributed by atoms with Gasteiger partial charge in [-0.3, -0.25) is 0 Å². The lowest BCUT2D eigenvalue weighted by Crippen LogP contribution is -2.10. The van der Waals surface area contributed by atoms with Crippen LogP contribution in [0.1, 0.15) is 30.1 Å². The molecule has 0 spiro atoms. The highest BCUT2D eigenvalue weighted by Crippen LogP contribution is 2.30. The second-order valence-electron chi connectivity index (χ2n) is 3.52. The van der Waals surface area contributed by atoms with Crippen molar-refractivity contribution in [2.24, 2.45) is 5.73 Å². The molecule has 1 saturated heterocycles. The fourth-order valence-electron chi connectivity index (χ4n) is 1.71. The van der Waals surface area contributed by atoms with E-state index in [2.05, 4.69) is 9.97 Å². The molecular weight excluding hydrogens is 194 g/mol. The Morgan fingerprint density at radius 2 is 1.93 bits per heavy atom. The maximum atomic E-state index is 5.45. The topological polar surface area (TPSA) is 51.8 Å². The summed E-state index contributed by atoms with van der Waals surface area (Å²) < 4.78 is 0. The predicted molar refractivity (Wildman–Crippen MR) is 59.2 cm³/mol. The third-order valence-electron chi connectivity index (χ3n) is 2.60. The Morgan fingerprint density at radius 1 is 1.29 bits per heavy atom. The quantitative estimate of drug-likeness (QED) is 0.803. The highest BCUT2D eigenvalue weighted by Gasteiger charge is 2.16. The van der Waals surface area contributed by atoms with E-state index in [1.54, 1.807) is 0 Å².